The molecule has 3 N–H and O–H groups in total. The molecule has 0 amide bonds. The lowest BCUT2D eigenvalue weighted by molar-refractivity contribution is 0.0621. The second-order valence-corrected chi connectivity index (χ2v) is 6.58. The Bertz CT molecular complexity index is 708. The molecule has 0 bridgehead atoms. The number of rotatable bonds is 7. The number of ether oxygens (including phenoxy) is 1. The van der Waals surface area contributed by atoms with Gasteiger partial charge in [-0.15, -0.1) is 24.0 Å². The van der Waals surface area contributed by atoms with Gasteiger partial charge in [0.25, 0.3) is 0 Å². The Morgan fingerprint density at radius 2 is 2.12 bits per heavy atom. The van der Waals surface area contributed by atoms with Crippen molar-refractivity contribution in [3.05, 3.63) is 52.0 Å². The second kappa shape index (κ2) is 10.7. The highest BCUT2D eigenvalue weighted by molar-refractivity contribution is 14.0. The molecule has 0 saturated heterocycles. The van der Waals surface area contributed by atoms with E-state index in [-0.39, 0.29) is 29.7 Å². The van der Waals surface area contributed by atoms with Crippen molar-refractivity contribution in [2.24, 2.45) is 4.99 Å². The van der Waals surface area contributed by atoms with E-state index < -0.39 is 11.4 Å². The zero-order valence-corrected chi connectivity index (χ0v) is 18.2. The molecule has 1 aromatic heterocycles. The van der Waals surface area contributed by atoms with Gasteiger partial charge in [0.1, 0.15) is 5.60 Å². The predicted molar refractivity (Wildman–Crippen MR) is 115 cm³/mol. The van der Waals surface area contributed by atoms with Crippen LogP contribution in [0.3, 0.4) is 0 Å². The Balaban J connectivity index is 0.00000338. The van der Waals surface area contributed by atoms with E-state index in [1.807, 2.05) is 23.8 Å². The van der Waals surface area contributed by atoms with Crippen LogP contribution in [0.1, 0.15) is 25.0 Å². The number of hydrogen-bond acceptors (Lipinski definition) is 4. The first-order chi connectivity index (χ1) is 12.0. The average molecular weight is 493 g/mol. The van der Waals surface area contributed by atoms with Crippen molar-refractivity contribution in [2.45, 2.75) is 26.0 Å². The van der Waals surface area contributed by atoms with Crippen molar-refractivity contribution in [1.82, 2.24) is 10.6 Å². The third-order valence-electron chi connectivity index (χ3n) is 3.72. The fraction of sp³-hybridized carbons (Fsp3) is 0.389. The zero-order chi connectivity index (χ0) is 18.3. The van der Waals surface area contributed by atoms with Crippen molar-refractivity contribution in [3.8, 4) is 5.75 Å². The van der Waals surface area contributed by atoms with Gasteiger partial charge in [0, 0.05) is 6.54 Å². The number of aliphatic hydroxyl groups is 1. The first kappa shape index (κ1) is 22.7. The number of hydrogen-bond donors (Lipinski definition) is 3. The van der Waals surface area contributed by atoms with Crippen molar-refractivity contribution in [3.63, 3.8) is 0 Å². The van der Waals surface area contributed by atoms with Crippen LogP contribution in [0.5, 0.6) is 5.75 Å². The molecule has 5 nitrogen and oxygen atoms in total. The fourth-order valence-corrected chi connectivity index (χ4v) is 3.03. The van der Waals surface area contributed by atoms with Crippen molar-refractivity contribution in [2.75, 3.05) is 20.2 Å². The summed E-state index contributed by atoms with van der Waals surface area (Å²) in [6, 6.07) is 6.67. The Hall–Kier alpha value is -1.39. The number of benzene rings is 1. The summed E-state index contributed by atoms with van der Waals surface area (Å²) in [6.07, 6.45) is 0. The molecule has 26 heavy (non-hydrogen) atoms. The molecule has 8 heteroatoms. The molecule has 1 unspecified atom stereocenters. The number of methoxy groups -OCH3 is 1. The Morgan fingerprint density at radius 1 is 1.35 bits per heavy atom. The molecule has 0 fully saturated rings. The predicted octanol–water partition coefficient (Wildman–Crippen LogP) is 3.48. The summed E-state index contributed by atoms with van der Waals surface area (Å²) in [5, 5.41) is 20.7. The Morgan fingerprint density at radius 3 is 2.69 bits per heavy atom. The molecule has 0 aliphatic rings. The second-order valence-electron chi connectivity index (χ2n) is 5.80. The number of aliphatic imine (C=N–C) groups is 1. The van der Waals surface area contributed by atoms with Gasteiger partial charge >= 0.3 is 0 Å². The maximum Gasteiger partial charge on any atom is 0.191 e. The lowest BCUT2D eigenvalue weighted by Crippen LogP contribution is -2.44. The van der Waals surface area contributed by atoms with E-state index in [0.29, 0.717) is 25.6 Å². The Kier molecular flexibility index (Phi) is 9.31. The van der Waals surface area contributed by atoms with Gasteiger partial charge in [-0.1, -0.05) is 6.07 Å². The SMILES string of the molecule is CCNC(=NCc1ccc(OC)c(F)c1)NCC(C)(O)c1ccsc1.I. The van der Waals surface area contributed by atoms with E-state index in [9.17, 15) is 9.50 Å². The quantitative estimate of drug-likeness (QED) is 0.314. The van der Waals surface area contributed by atoms with E-state index >= 15 is 0 Å². The third-order valence-corrected chi connectivity index (χ3v) is 4.41. The minimum Gasteiger partial charge on any atom is -0.494 e. The third kappa shape index (κ3) is 6.40. The summed E-state index contributed by atoms with van der Waals surface area (Å²) in [5.74, 6) is 0.368. The van der Waals surface area contributed by atoms with Gasteiger partial charge in [-0.2, -0.15) is 11.3 Å². The highest BCUT2D eigenvalue weighted by atomic mass is 127. The molecule has 0 spiro atoms. The van der Waals surface area contributed by atoms with Crippen molar-refractivity contribution in [1.29, 1.82) is 0 Å². The van der Waals surface area contributed by atoms with Crippen LogP contribution in [0.2, 0.25) is 0 Å². The van der Waals surface area contributed by atoms with Crippen LogP contribution in [0.4, 0.5) is 4.39 Å². The number of nitrogens with zero attached hydrogens (tertiary/aromatic N) is 1. The molecule has 2 rings (SSSR count). The van der Waals surface area contributed by atoms with Crippen LogP contribution in [0.25, 0.3) is 0 Å². The number of nitrogens with one attached hydrogen (secondary N) is 2. The molecule has 1 atom stereocenters. The lowest BCUT2D eigenvalue weighted by Gasteiger charge is -2.24. The maximum atomic E-state index is 13.7. The molecule has 1 aromatic carbocycles. The molecule has 0 saturated carbocycles. The number of guanidine groups is 1. The molecule has 0 aliphatic carbocycles. The van der Waals surface area contributed by atoms with E-state index in [1.165, 1.54) is 13.2 Å². The minimum atomic E-state index is -0.998. The minimum absolute atomic E-state index is 0. The van der Waals surface area contributed by atoms with Crippen LogP contribution < -0.4 is 15.4 Å². The van der Waals surface area contributed by atoms with Gasteiger partial charge in [0.05, 0.1) is 20.2 Å². The topological polar surface area (TPSA) is 65.9 Å². The van der Waals surface area contributed by atoms with Gasteiger partial charge in [-0.05, 0) is 53.9 Å². The molecule has 2 aromatic rings. The van der Waals surface area contributed by atoms with Gasteiger partial charge in [-0.25, -0.2) is 9.38 Å². The number of halogens is 2. The molecule has 1 heterocycles. The first-order valence-electron chi connectivity index (χ1n) is 8.06. The summed E-state index contributed by atoms with van der Waals surface area (Å²) in [4.78, 5) is 4.44. The van der Waals surface area contributed by atoms with Gasteiger partial charge in [-0.3, -0.25) is 0 Å². The smallest absolute Gasteiger partial charge is 0.191 e. The van der Waals surface area contributed by atoms with E-state index in [2.05, 4.69) is 15.6 Å². The van der Waals surface area contributed by atoms with Gasteiger partial charge in [0.15, 0.2) is 17.5 Å². The van der Waals surface area contributed by atoms with Crippen molar-refractivity contribution >= 4 is 41.3 Å². The number of thiophene rings is 1. The first-order valence-corrected chi connectivity index (χ1v) is 9.00. The Labute approximate surface area is 174 Å². The fourth-order valence-electron chi connectivity index (χ4n) is 2.25. The van der Waals surface area contributed by atoms with Crippen LogP contribution in [-0.4, -0.2) is 31.3 Å². The van der Waals surface area contributed by atoms with E-state index in [1.54, 1.807) is 30.4 Å². The summed E-state index contributed by atoms with van der Waals surface area (Å²) < 4.78 is 18.7. The van der Waals surface area contributed by atoms with Crippen LogP contribution in [0.15, 0.2) is 40.0 Å². The summed E-state index contributed by atoms with van der Waals surface area (Å²) in [6.45, 7) is 5.03. The summed E-state index contributed by atoms with van der Waals surface area (Å²) in [7, 11) is 1.43. The largest absolute Gasteiger partial charge is 0.494 e. The normalized spacial score (nSPS) is 13.5. The highest BCUT2D eigenvalue weighted by Crippen LogP contribution is 2.22. The molecular weight excluding hydrogens is 468 g/mol. The standard InChI is InChI=1S/C18H24FN3O2S.HI/c1-4-20-17(22-12-18(2,23)14-7-8-25-11-14)21-10-13-5-6-16(24-3)15(19)9-13;/h5-9,11,23H,4,10,12H2,1-3H3,(H2,20,21,22);1H. The van der Waals surface area contributed by atoms with Gasteiger partial charge < -0.3 is 20.5 Å². The molecular formula is C18H25FIN3O2S. The summed E-state index contributed by atoms with van der Waals surface area (Å²) >= 11 is 1.54. The zero-order valence-electron chi connectivity index (χ0n) is 15.1. The van der Waals surface area contributed by atoms with E-state index in [0.717, 1.165) is 11.1 Å². The maximum absolute atomic E-state index is 13.7. The molecule has 0 aliphatic heterocycles. The van der Waals surface area contributed by atoms with Gasteiger partial charge in [0.2, 0.25) is 0 Å². The highest BCUT2D eigenvalue weighted by Gasteiger charge is 2.23. The monoisotopic (exact) mass is 493 g/mol. The summed E-state index contributed by atoms with van der Waals surface area (Å²) in [5.41, 5.74) is 0.598. The van der Waals surface area contributed by atoms with Crippen molar-refractivity contribution < 1.29 is 14.2 Å². The lowest BCUT2D eigenvalue weighted by atomic mass is 9.99. The average Bonchev–Trinajstić information content (AvgIpc) is 3.13. The molecule has 0 radical (unpaired) electrons. The van der Waals surface area contributed by atoms with Crippen LogP contribution in [0, 0.1) is 5.82 Å². The van der Waals surface area contributed by atoms with Crippen LogP contribution in [-0.2, 0) is 12.1 Å². The van der Waals surface area contributed by atoms with E-state index in [4.69, 9.17) is 4.74 Å². The molecule has 144 valence electrons. The van der Waals surface area contributed by atoms with Crippen LogP contribution >= 0.6 is 35.3 Å².